The molecule has 0 saturated carbocycles. The highest BCUT2D eigenvalue weighted by molar-refractivity contribution is 4.76. The van der Waals surface area contributed by atoms with Gasteiger partial charge in [-0.15, -0.1) is 0 Å². The van der Waals surface area contributed by atoms with Crippen molar-refractivity contribution in [2.45, 2.75) is 150 Å². The van der Waals surface area contributed by atoms with Crippen LogP contribution in [0, 0.1) is 17.8 Å². The highest BCUT2D eigenvalue weighted by Crippen LogP contribution is 2.23. The first kappa shape index (κ1) is 27.7. The number of rotatable bonds is 21. The van der Waals surface area contributed by atoms with Crippen molar-refractivity contribution in [2.75, 3.05) is 0 Å². The Balaban J connectivity index is 3.46. The van der Waals surface area contributed by atoms with Gasteiger partial charge in [-0.1, -0.05) is 143 Å². The van der Waals surface area contributed by atoms with E-state index in [2.05, 4.69) is 46.8 Å². The Morgan fingerprint density at radius 3 is 1.46 bits per heavy atom. The Hall–Kier alpha value is -0.260. The molecule has 0 spiro atoms. The van der Waals surface area contributed by atoms with Gasteiger partial charge in [0.25, 0.3) is 0 Å². The Morgan fingerprint density at radius 2 is 0.929 bits per heavy atom. The average molecular weight is 393 g/mol. The molecular weight excluding hydrogens is 336 g/mol. The van der Waals surface area contributed by atoms with Gasteiger partial charge in [-0.3, -0.25) is 0 Å². The van der Waals surface area contributed by atoms with Gasteiger partial charge in [0.2, 0.25) is 0 Å². The first-order valence-corrected chi connectivity index (χ1v) is 13.2. The molecule has 0 heterocycles. The van der Waals surface area contributed by atoms with E-state index in [9.17, 15) is 0 Å². The summed E-state index contributed by atoms with van der Waals surface area (Å²) in [7, 11) is 0. The fraction of sp³-hybridized carbons (Fsp3) is 0.929. The zero-order valence-corrected chi connectivity index (χ0v) is 20.6. The maximum atomic E-state index is 2.49. The zero-order chi connectivity index (χ0) is 20.9. The van der Waals surface area contributed by atoms with Crippen LogP contribution in [0.25, 0.3) is 0 Å². The largest absolute Gasteiger partial charge is 0.0917 e. The molecule has 0 aromatic rings. The summed E-state index contributed by atoms with van der Waals surface area (Å²) in [5.74, 6) is 2.81. The molecule has 0 fully saturated rings. The molecular formula is C28H56. The molecule has 168 valence electrons. The van der Waals surface area contributed by atoms with Crippen LogP contribution in [0.3, 0.4) is 0 Å². The Bertz CT molecular complexity index is 316. The van der Waals surface area contributed by atoms with Crippen molar-refractivity contribution in [1.29, 1.82) is 0 Å². The molecule has 0 radical (unpaired) electrons. The van der Waals surface area contributed by atoms with Crippen LogP contribution in [0.1, 0.15) is 150 Å². The van der Waals surface area contributed by atoms with Gasteiger partial charge in [0.1, 0.15) is 0 Å². The molecule has 0 amide bonds. The van der Waals surface area contributed by atoms with Crippen molar-refractivity contribution in [2.24, 2.45) is 17.8 Å². The first-order chi connectivity index (χ1) is 13.6. The summed E-state index contributed by atoms with van der Waals surface area (Å²) in [6.45, 7) is 11.9. The molecule has 0 heteroatoms. The van der Waals surface area contributed by atoms with Crippen LogP contribution < -0.4 is 0 Å². The summed E-state index contributed by atoms with van der Waals surface area (Å²) in [6.07, 6.45) is 30.3. The summed E-state index contributed by atoms with van der Waals surface area (Å²) in [5, 5.41) is 0. The van der Waals surface area contributed by atoms with Gasteiger partial charge in [-0.2, -0.15) is 0 Å². The fourth-order valence-corrected chi connectivity index (χ4v) is 4.37. The SMILES string of the molecule is CC=CCCCCCC(C)CCCC(C)CCC(C)CCCCCCCCC. The predicted molar refractivity (Wildman–Crippen MR) is 131 cm³/mol. The van der Waals surface area contributed by atoms with E-state index in [-0.39, 0.29) is 0 Å². The lowest BCUT2D eigenvalue weighted by molar-refractivity contribution is 0.362. The number of hydrogen-bond acceptors (Lipinski definition) is 0. The van der Waals surface area contributed by atoms with E-state index in [1.165, 1.54) is 116 Å². The molecule has 0 aliphatic carbocycles. The smallest absolute Gasteiger partial charge is 0.0351 e. The number of hydrogen-bond donors (Lipinski definition) is 0. The van der Waals surface area contributed by atoms with E-state index in [1.54, 1.807) is 0 Å². The molecule has 0 saturated heterocycles. The van der Waals surface area contributed by atoms with E-state index in [0.29, 0.717) is 0 Å². The molecule has 0 aliphatic rings. The van der Waals surface area contributed by atoms with Crippen molar-refractivity contribution in [1.82, 2.24) is 0 Å². The standard InChI is InChI=1S/C28H56/c1-6-8-10-12-14-16-18-21-27(4)24-25-28(5)23-19-22-26(3)20-17-15-13-11-9-7-2/h7,9,26-28H,6,8,10-25H2,1-5H3. The molecule has 0 N–H and O–H groups in total. The van der Waals surface area contributed by atoms with Gasteiger partial charge in [0.05, 0.1) is 0 Å². The van der Waals surface area contributed by atoms with E-state index in [1.807, 2.05) is 0 Å². The zero-order valence-electron chi connectivity index (χ0n) is 20.6. The molecule has 0 bridgehead atoms. The molecule has 0 aromatic carbocycles. The van der Waals surface area contributed by atoms with Gasteiger partial charge in [0, 0.05) is 0 Å². The normalized spacial score (nSPS) is 15.2. The summed E-state index contributed by atoms with van der Waals surface area (Å²) >= 11 is 0. The van der Waals surface area contributed by atoms with Gasteiger partial charge in [-0.25, -0.2) is 0 Å². The Morgan fingerprint density at radius 1 is 0.500 bits per heavy atom. The third-order valence-corrected chi connectivity index (χ3v) is 6.65. The van der Waals surface area contributed by atoms with E-state index in [4.69, 9.17) is 0 Å². The van der Waals surface area contributed by atoms with Gasteiger partial charge < -0.3 is 0 Å². The third-order valence-electron chi connectivity index (χ3n) is 6.65. The van der Waals surface area contributed by atoms with Crippen LogP contribution in [0.5, 0.6) is 0 Å². The predicted octanol–water partition coefficient (Wildman–Crippen LogP) is 10.5. The van der Waals surface area contributed by atoms with Crippen molar-refractivity contribution >= 4 is 0 Å². The Kier molecular flexibility index (Phi) is 21.2. The van der Waals surface area contributed by atoms with Crippen molar-refractivity contribution < 1.29 is 0 Å². The lowest BCUT2D eigenvalue weighted by Gasteiger charge is -2.17. The van der Waals surface area contributed by atoms with Gasteiger partial charge in [-0.05, 0) is 37.5 Å². The monoisotopic (exact) mass is 392 g/mol. The van der Waals surface area contributed by atoms with Crippen LogP contribution >= 0.6 is 0 Å². The molecule has 0 aromatic heterocycles. The minimum Gasteiger partial charge on any atom is -0.0917 e. The Labute approximate surface area is 180 Å². The fourth-order valence-electron chi connectivity index (χ4n) is 4.37. The second kappa shape index (κ2) is 21.4. The van der Waals surface area contributed by atoms with Crippen LogP contribution in [-0.2, 0) is 0 Å². The number of allylic oxidation sites excluding steroid dienone is 2. The van der Waals surface area contributed by atoms with E-state index >= 15 is 0 Å². The van der Waals surface area contributed by atoms with Crippen LogP contribution in [0.2, 0.25) is 0 Å². The molecule has 0 rings (SSSR count). The molecule has 28 heavy (non-hydrogen) atoms. The van der Waals surface area contributed by atoms with Crippen LogP contribution in [0.4, 0.5) is 0 Å². The van der Waals surface area contributed by atoms with Crippen LogP contribution in [-0.4, -0.2) is 0 Å². The maximum absolute atomic E-state index is 2.49. The lowest BCUT2D eigenvalue weighted by atomic mass is 9.89. The maximum Gasteiger partial charge on any atom is -0.0351 e. The summed E-state index contributed by atoms with van der Waals surface area (Å²) in [5.41, 5.74) is 0. The highest BCUT2D eigenvalue weighted by Gasteiger charge is 2.08. The van der Waals surface area contributed by atoms with Gasteiger partial charge in [0.15, 0.2) is 0 Å². The average Bonchev–Trinajstić information content (AvgIpc) is 2.68. The number of unbranched alkanes of at least 4 members (excludes halogenated alkanes) is 9. The van der Waals surface area contributed by atoms with Crippen molar-refractivity contribution in [3.05, 3.63) is 12.2 Å². The lowest BCUT2D eigenvalue weighted by Crippen LogP contribution is -2.02. The topological polar surface area (TPSA) is 0 Å². The second-order valence-corrected chi connectivity index (χ2v) is 9.94. The minimum absolute atomic E-state index is 0.935. The molecule has 3 unspecified atom stereocenters. The molecule has 0 aliphatic heterocycles. The van der Waals surface area contributed by atoms with Crippen molar-refractivity contribution in [3.8, 4) is 0 Å². The van der Waals surface area contributed by atoms with Gasteiger partial charge >= 0.3 is 0 Å². The van der Waals surface area contributed by atoms with E-state index in [0.717, 1.165) is 17.8 Å². The molecule has 3 atom stereocenters. The van der Waals surface area contributed by atoms with Crippen LogP contribution in [0.15, 0.2) is 12.2 Å². The van der Waals surface area contributed by atoms with Crippen molar-refractivity contribution in [3.63, 3.8) is 0 Å². The summed E-state index contributed by atoms with van der Waals surface area (Å²) in [4.78, 5) is 0. The quantitative estimate of drug-likeness (QED) is 0.134. The highest BCUT2D eigenvalue weighted by atomic mass is 14.1. The molecule has 0 nitrogen and oxygen atoms in total. The summed E-state index contributed by atoms with van der Waals surface area (Å²) < 4.78 is 0. The summed E-state index contributed by atoms with van der Waals surface area (Å²) in [6, 6.07) is 0. The second-order valence-electron chi connectivity index (χ2n) is 9.94. The first-order valence-electron chi connectivity index (χ1n) is 13.2. The van der Waals surface area contributed by atoms with E-state index < -0.39 is 0 Å². The minimum atomic E-state index is 0.935. The third kappa shape index (κ3) is 20.5.